The Labute approximate surface area is 109 Å². The summed E-state index contributed by atoms with van der Waals surface area (Å²) in [7, 11) is -3.34. The third-order valence-corrected chi connectivity index (χ3v) is 3.89. The van der Waals surface area contributed by atoms with Gasteiger partial charge in [-0.25, -0.2) is 8.42 Å². The van der Waals surface area contributed by atoms with Gasteiger partial charge < -0.3 is 0 Å². The van der Waals surface area contributed by atoms with Gasteiger partial charge in [0.2, 0.25) is 9.84 Å². The molecule has 0 heterocycles. The van der Waals surface area contributed by atoms with Crippen molar-refractivity contribution in [2.45, 2.75) is 9.79 Å². The third kappa shape index (κ3) is 2.59. The maximum Gasteiger partial charge on any atom is 0.206 e. The van der Waals surface area contributed by atoms with Gasteiger partial charge in [-0.3, -0.25) is 0 Å². The van der Waals surface area contributed by atoms with Gasteiger partial charge in [0.05, 0.1) is 9.79 Å². The zero-order chi connectivity index (χ0) is 10.7. The summed E-state index contributed by atoms with van der Waals surface area (Å²) in [5.74, 6) is 0. The molecule has 0 saturated heterocycles. The molecule has 0 amide bonds. The molecule has 0 aliphatic heterocycles. The van der Waals surface area contributed by atoms with Crippen LogP contribution in [0.1, 0.15) is 0 Å². The van der Waals surface area contributed by atoms with Crippen molar-refractivity contribution in [3.63, 3.8) is 0 Å². The third-order valence-electron chi connectivity index (χ3n) is 2.11. The molecule has 0 aliphatic carbocycles. The van der Waals surface area contributed by atoms with E-state index < -0.39 is 9.84 Å². The molecule has 2 rings (SSSR count). The molecule has 0 spiro atoms. The average molecular weight is 325 g/mol. The van der Waals surface area contributed by atoms with Crippen molar-refractivity contribution in [2.75, 3.05) is 0 Å². The van der Waals surface area contributed by atoms with E-state index in [9.17, 15) is 8.42 Å². The minimum atomic E-state index is -3.34. The predicted molar refractivity (Wildman–Crippen MR) is 58.3 cm³/mol. The Morgan fingerprint density at radius 3 is 1.25 bits per heavy atom. The second-order valence-corrected chi connectivity index (χ2v) is 5.08. The van der Waals surface area contributed by atoms with Gasteiger partial charge in [-0.2, -0.15) is 0 Å². The summed E-state index contributed by atoms with van der Waals surface area (Å²) in [6.45, 7) is 0. The summed E-state index contributed by atoms with van der Waals surface area (Å²) >= 11 is 0. The van der Waals surface area contributed by atoms with Gasteiger partial charge in [0, 0.05) is 20.4 Å². The molecule has 2 aromatic rings. The molecule has 0 fully saturated rings. The molecule has 2 aromatic carbocycles. The largest absolute Gasteiger partial charge is 0.219 e. The minimum Gasteiger partial charge on any atom is -0.219 e. The van der Waals surface area contributed by atoms with Crippen molar-refractivity contribution >= 4 is 9.84 Å². The molecule has 4 heteroatoms. The average Bonchev–Trinajstić information content (AvgIpc) is 2.31. The zero-order valence-electron chi connectivity index (χ0n) is 8.31. The molecule has 0 N–H and O–H groups in total. The van der Waals surface area contributed by atoms with Gasteiger partial charge in [0.1, 0.15) is 0 Å². The first-order chi connectivity index (χ1) is 7.21. The maximum absolute atomic E-state index is 12.0. The molecule has 0 aromatic heterocycles. The molecule has 2 nitrogen and oxygen atoms in total. The van der Waals surface area contributed by atoms with Crippen LogP contribution in [0.15, 0.2) is 70.5 Å². The molecular weight excluding hydrogens is 315 g/mol. The van der Waals surface area contributed by atoms with Gasteiger partial charge in [-0.05, 0) is 24.3 Å². The molecular formula is C12H10O2PdS. The molecule has 0 unspecified atom stereocenters. The summed E-state index contributed by atoms with van der Waals surface area (Å²) in [6, 6.07) is 16.9. The van der Waals surface area contributed by atoms with Crippen LogP contribution in [0.4, 0.5) is 0 Å². The summed E-state index contributed by atoms with van der Waals surface area (Å²) in [6.07, 6.45) is 0. The van der Waals surface area contributed by atoms with Crippen LogP contribution >= 0.6 is 0 Å². The first-order valence-electron chi connectivity index (χ1n) is 4.56. The minimum absolute atomic E-state index is 0. The van der Waals surface area contributed by atoms with E-state index in [1.165, 1.54) is 0 Å². The smallest absolute Gasteiger partial charge is 0.206 e. The maximum atomic E-state index is 12.0. The van der Waals surface area contributed by atoms with Crippen molar-refractivity contribution in [2.24, 2.45) is 0 Å². The Morgan fingerprint density at radius 1 is 0.625 bits per heavy atom. The van der Waals surface area contributed by atoms with Gasteiger partial charge >= 0.3 is 0 Å². The van der Waals surface area contributed by atoms with Gasteiger partial charge in [-0.15, -0.1) is 0 Å². The number of benzene rings is 2. The standard InChI is InChI=1S/C12H10O2S.Pd/c13-15(14,11-7-3-1-4-8-11)12-9-5-2-6-10-12;/h1-10H;. The quantitative estimate of drug-likeness (QED) is 0.796. The van der Waals surface area contributed by atoms with Crippen LogP contribution in [-0.2, 0) is 30.3 Å². The Bertz CT molecular complexity index is 490. The second-order valence-electron chi connectivity index (χ2n) is 3.13. The molecule has 0 bridgehead atoms. The van der Waals surface area contributed by atoms with Crippen LogP contribution in [0.5, 0.6) is 0 Å². The van der Waals surface area contributed by atoms with E-state index in [2.05, 4.69) is 0 Å². The van der Waals surface area contributed by atoms with Crippen LogP contribution in [0.2, 0.25) is 0 Å². The van der Waals surface area contributed by atoms with Gasteiger partial charge in [0.15, 0.2) is 0 Å². The molecule has 0 atom stereocenters. The SMILES string of the molecule is O=S(=O)(c1ccccc1)c1ccccc1.[Pd]. The van der Waals surface area contributed by atoms with Crippen LogP contribution < -0.4 is 0 Å². The Morgan fingerprint density at radius 2 is 0.938 bits per heavy atom. The van der Waals surface area contributed by atoms with Crippen LogP contribution in [0.25, 0.3) is 0 Å². The fourth-order valence-electron chi connectivity index (χ4n) is 1.34. The second kappa shape index (κ2) is 5.40. The summed E-state index contributed by atoms with van der Waals surface area (Å²) in [5, 5.41) is 0. The monoisotopic (exact) mass is 324 g/mol. The van der Waals surface area contributed by atoms with Crippen LogP contribution in [-0.4, -0.2) is 8.42 Å². The van der Waals surface area contributed by atoms with E-state index in [0.717, 1.165) is 0 Å². The molecule has 0 aliphatic rings. The molecule has 0 radical (unpaired) electrons. The Kier molecular flexibility index (Phi) is 4.43. The van der Waals surface area contributed by atoms with Crippen LogP contribution in [0.3, 0.4) is 0 Å². The Balaban J connectivity index is 0.00000128. The summed E-state index contributed by atoms with van der Waals surface area (Å²) in [5.41, 5.74) is 0. The normalized spacial score (nSPS) is 10.5. The van der Waals surface area contributed by atoms with Crippen LogP contribution in [0, 0.1) is 0 Å². The van der Waals surface area contributed by atoms with E-state index in [4.69, 9.17) is 0 Å². The van der Waals surface area contributed by atoms with Crippen molar-refractivity contribution < 1.29 is 28.8 Å². The van der Waals surface area contributed by atoms with E-state index in [1.807, 2.05) is 0 Å². The molecule has 16 heavy (non-hydrogen) atoms. The fourth-order valence-corrected chi connectivity index (χ4v) is 2.64. The number of hydrogen-bond donors (Lipinski definition) is 0. The topological polar surface area (TPSA) is 34.1 Å². The first-order valence-corrected chi connectivity index (χ1v) is 6.05. The number of rotatable bonds is 2. The molecule has 86 valence electrons. The molecule has 0 saturated carbocycles. The predicted octanol–water partition coefficient (Wildman–Crippen LogP) is 2.52. The van der Waals surface area contributed by atoms with Crippen molar-refractivity contribution in [3.05, 3.63) is 60.7 Å². The van der Waals surface area contributed by atoms with E-state index >= 15 is 0 Å². The van der Waals surface area contributed by atoms with Gasteiger partial charge in [-0.1, -0.05) is 36.4 Å². The van der Waals surface area contributed by atoms with E-state index in [0.29, 0.717) is 9.79 Å². The van der Waals surface area contributed by atoms with Crippen molar-refractivity contribution in [1.82, 2.24) is 0 Å². The number of hydrogen-bond acceptors (Lipinski definition) is 2. The fraction of sp³-hybridized carbons (Fsp3) is 0. The Hall–Kier alpha value is -0.948. The first kappa shape index (κ1) is 13.1. The van der Waals surface area contributed by atoms with E-state index in [1.54, 1.807) is 60.7 Å². The van der Waals surface area contributed by atoms with E-state index in [-0.39, 0.29) is 20.4 Å². The summed E-state index contributed by atoms with van der Waals surface area (Å²) in [4.78, 5) is 0.660. The number of sulfone groups is 1. The van der Waals surface area contributed by atoms with Crippen molar-refractivity contribution in [1.29, 1.82) is 0 Å². The zero-order valence-corrected chi connectivity index (χ0v) is 10.7. The van der Waals surface area contributed by atoms with Crippen molar-refractivity contribution in [3.8, 4) is 0 Å². The summed E-state index contributed by atoms with van der Waals surface area (Å²) < 4.78 is 24.1. The van der Waals surface area contributed by atoms with Gasteiger partial charge in [0.25, 0.3) is 0 Å².